The lowest BCUT2D eigenvalue weighted by Gasteiger charge is -2.21. The quantitative estimate of drug-likeness (QED) is 0.190. The molecule has 3 heteroatoms. The first kappa shape index (κ1) is 27.0. The number of unbranched alkanes of at least 4 members (excludes halogenated alkanes) is 15. The first-order valence-electron chi connectivity index (χ1n) is 12.9. The van der Waals surface area contributed by atoms with Crippen LogP contribution in [0.4, 0.5) is 0 Å². The molecule has 1 rings (SSSR count). The zero-order valence-corrected chi connectivity index (χ0v) is 19.9. The molecule has 1 aromatic rings. The van der Waals surface area contributed by atoms with Crippen molar-refractivity contribution in [2.75, 3.05) is 6.54 Å². The Morgan fingerprint density at radius 1 is 0.700 bits per heavy atom. The highest BCUT2D eigenvalue weighted by Crippen LogP contribution is 2.25. The van der Waals surface area contributed by atoms with Gasteiger partial charge in [-0.05, 0) is 26.0 Å². The summed E-state index contributed by atoms with van der Waals surface area (Å²) >= 11 is 0. The minimum atomic E-state index is -0.674. The van der Waals surface area contributed by atoms with E-state index in [-0.39, 0.29) is 11.8 Å². The molecular formula is C27H49NO2. The van der Waals surface area contributed by atoms with Crippen LogP contribution in [0.2, 0.25) is 0 Å². The third-order valence-electron chi connectivity index (χ3n) is 6.23. The van der Waals surface area contributed by atoms with Gasteiger partial charge in [-0.1, -0.05) is 121 Å². The van der Waals surface area contributed by atoms with Crippen molar-refractivity contribution in [2.45, 2.75) is 129 Å². The van der Waals surface area contributed by atoms with Crippen molar-refractivity contribution in [3.8, 4) is 5.75 Å². The van der Waals surface area contributed by atoms with Gasteiger partial charge < -0.3 is 15.5 Å². The average Bonchev–Trinajstić information content (AvgIpc) is 2.75. The Hall–Kier alpha value is -1.06. The number of phenols is 1. The Morgan fingerprint density at radius 3 is 1.60 bits per heavy atom. The maximum atomic E-state index is 10.4. The highest BCUT2D eigenvalue weighted by molar-refractivity contribution is 5.34. The lowest BCUT2D eigenvalue weighted by molar-refractivity contribution is 0.133. The van der Waals surface area contributed by atoms with Gasteiger partial charge in [0.25, 0.3) is 0 Å². The minimum Gasteiger partial charge on any atom is -0.508 e. The minimum absolute atomic E-state index is 0.0605. The summed E-state index contributed by atoms with van der Waals surface area (Å²) in [7, 11) is 0. The normalized spacial score (nSPS) is 13.4. The molecule has 0 saturated heterocycles. The van der Waals surface area contributed by atoms with Gasteiger partial charge in [-0.25, -0.2) is 0 Å². The Morgan fingerprint density at radius 2 is 1.13 bits per heavy atom. The third-order valence-corrected chi connectivity index (χ3v) is 6.23. The molecule has 0 aliphatic carbocycles. The molecule has 0 spiro atoms. The fourth-order valence-corrected chi connectivity index (χ4v) is 4.12. The van der Waals surface area contributed by atoms with Crippen molar-refractivity contribution < 1.29 is 10.2 Å². The number of aromatic hydroxyl groups is 1. The summed E-state index contributed by atoms with van der Waals surface area (Å²) in [6.45, 7) is 5.18. The van der Waals surface area contributed by atoms with Crippen molar-refractivity contribution in [2.24, 2.45) is 0 Å². The number of hydrogen-bond acceptors (Lipinski definition) is 3. The molecular weight excluding hydrogens is 370 g/mol. The summed E-state index contributed by atoms with van der Waals surface area (Å²) in [5.74, 6) is 0.168. The van der Waals surface area contributed by atoms with Gasteiger partial charge in [0.05, 0.1) is 6.10 Å². The van der Waals surface area contributed by atoms with Crippen LogP contribution < -0.4 is 5.32 Å². The maximum Gasteiger partial charge on any atom is 0.121 e. The van der Waals surface area contributed by atoms with Gasteiger partial charge in [-0.15, -0.1) is 0 Å². The van der Waals surface area contributed by atoms with E-state index in [9.17, 15) is 10.2 Å². The molecule has 0 heterocycles. The summed E-state index contributed by atoms with van der Waals surface area (Å²) < 4.78 is 0. The van der Waals surface area contributed by atoms with Gasteiger partial charge in [-0.2, -0.15) is 0 Å². The predicted octanol–water partition coefficient (Wildman–Crippen LogP) is 7.67. The Labute approximate surface area is 186 Å². The van der Waals surface area contributed by atoms with Crippen molar-refractivity contribution in [1.82, 2.24) is 5.32 Å². The molecule has 0 saturated carbocycles. The largest absolute Gasteiger partial charge is 0.508 e. The highest BCUT2D eigenvalue weighted by atomic mass is 16.3. The molecule has 174 valence electrons. The molecule has 0 aliphatic heterocycles. The van der Waals surface area contributed by atoms with Crippen LogP contribution in [0.1, 0.15) is 128 Å². The smallest absolute Gasteiger partial charge is 0.121 e. The van der Waals surface area contributed by atoms with Gasteiger partial charge in [0, 0.05) is 11.6 Å². The van der Waals surface area contributed by atoms with E-state index in [1.165, 1.54) is 96.3 Å². The fraction of sp³-hybridized carbons (Fsp3) is 0.778. The molecule has 0 fully saturated rings. The Bertz CT molecular complexity index is 505. The fourth-order valence-electron chi connectivity index (χ4n) is 4.12. The van der Waals surface area contributed by atoms with Crippen LogP contribution in [-0.4, -0.2) is 22.8 Å². The molecule has 2 unspecified atom stereocenters. The number of hydrogen-bond donors (Lipinski definition) is 3. The topological polar surface area (TPSA) is 52.5 Å². The molecule has 0 amide bonds. The number of para-hydroxylation sites is 1. The van der Waals surface area contributed by atoms with Gasteiger partial charge in [-0.3, -0.25) is 0 Å². The number of aliphatic hydroxyl groups excluding tert-OH is 1. The van der Waals surface area contributed by atoms with Crippen LogP contribution >= 0.6 is 0 Å². The molecule has 3 N–H and O–H groups in total. The number of phenolic OH excluding ortho intramolecular Hbond substituents is 1. The van der Waals surface area contributed by atoms with Crippen molar-refractivity contribution in [1.29, 1.82) is 0 Å². The van der Waals surface area contributed by atoms with Gasteiger partial charge in [0.1, 0.15) is 5.75 Å². The second kappa shape index (κ2) is 18.7. The highest BCUT2D eigenvalue weighted by Gasteiger charge is 2.18. The monoisotopic (exact) mass is 419 g/mol. The summed E-state index contributed by atoms with van der Waals surface area (Å²) in [6.07, 6.45) is 21.4. The molecule has 1 aromatic carbocycles. The lowest BCUT2D eigenvalue weighted by Crippen LogP contribution is -2.32. The van der Waals surface area contributed by atoms with Crippen LogP contribution in [0.3, 0.4) is 0 Å². The standard InChI is InChI=1S/C27H49NO2/c1-3-4-5-6-7-8-9-10-11-12-13-14-15-16-17-20-23-28-24(2)27(30)25-21-18-19-22-26(25)29/h18-19,21-22,24,27-30H,3-17,20,23H2,1-2H3. The van der Waals surface area contributed by atoms with Crippen molar-refractivity contribution in [3.05, 3.63) is 29.8 Å². The molecule has 0 bridgehead atoms. The summed E-state index contributed by atoms with van der Waals surface area (Å²) in [5, 5.41) is 23.6. The van der Waals surface area contributed by atoms with Crippen LogP contribution in [0, 0.1) is 0 Å². The van der Waals surface area contributed by atoms with E-state index in [4.69, 9.17) is 0 Å². The van der Waals surface area contributed by atoms with Crippen molar-refractivity contribution >= 4 is 0 Å². The van der Waals surface area contributed by atoms with E-state index >= 15 is 0 Å². The van der Waals surface area contributed by atoms with E-state index < -0.39 is 6.10 Å². The Balaban J connectivity index is 1.85. The third kappa shape index (κ3) is 13.3. The van der Waals surface area contributed by atoms with E-state index in [2.05, 4.69) is 12.2 Å². The zero-order chi connectivity index (χ0) is 21.9. The first-order valence-corrected chi connectivity index (χ1v) is 12.9. The molecule has 0 radical (unpaired) electrons. The Kier molecular flexibility index (Phi) is 16.8. The summed E-state index contributed by atoms with van der Waals surface area (Å²) in [4.78, 5) is 0. The van der Waals surface area contributed by atoms with Crippen molar-refractivity contribution in [3.63, 3.8) is 0 Å². The molecule has 30 heavy (non-hydrogen) atoms. The van der Waals surface area contributed by atoms with Crippen LogP contribution in [0.5, 0.6) is 5.75 Å². The predicted molar refractivity (Wildman–Crippen MR) is 130 cm³/mol. The number of aliphatic hydroxyl groups is 1. The van der Waals surface area contributed by atoms with Crippen LogP contribution in [0.25, 0.3) is 0 Å². The van der Waals surface area contributed by atoms with Crippen LogP contribution in [-0.2, 0) is 0 Å². The van der Waals surface area contributed by atoms with Gasteiger partial charge in [0.15, 0.2) is 0 Å². The summed E-state index contributed by atoms with van der Waals surface area (Å²) in [5.41, 5.74) is 0.601. The number of benzene rings is 1. The first-order chi connectivity index (χ1) is 14.7. The zero-order valence-electron chi connectivity index (χ0n) is 19.9. The lowest BCUT2D eigenvalue weighted by atomic mass is 10.0. The van der Waals surface area contributed by atoms with E-state index in [0.29, 0.717) is 5.56 Å². The van der Waals surface area contributed by atoms with Crippen LogP contribution in [0.15, 0.2) is 24.3 Å². The number of rotatable bonds is 20. The van der Waals surface area contributed by atoms with E-state index in [1.807, 2.05) is 13.0 Å². The van der Waals surface area contributed by atoms with Gasteiger partial charge >= 0.3 is 0 Å². The summed E-state index contributed by atoms with van der Waals surface area (Å²) in [6, 6.07) is 6.98. The molecule has 3 nitrogen and oxygen atoms in total. The average molecular weight is 420 g/mol. The second-order valence-corrected chi connectivity index (χ2v) is 9.05. The number of nitrogens with one attached hydrogen (secondary N) is 1. The second-order valence-electron chi connectivity index (χ2n) is 9.05. The molecule has 0 aromatic heterocycles. The maximum absolute atomic E-state index is 10.4. The SMILES string of the molecule is CCCCCCCCCCCCCCCCCCNC(C)C(O)c1ccccc1O. The van der Waals surface area contributed by atoms with E-state index in [1.54, 1.807) is 18.2 Å². The molecule has 0 aliphatic rings. The molecule has 2 atom stereocenters. The van der Waals surface area contributed by atoms with Gasteiger partial charge in [0.2, 0.25) is 0 Å². The van der Waals surface area contributed by atoms with E-state index in [0.717, 1.165) is 13.0 Å².